The van der Waals surface area contributed by atoms with Crippen LogP contribution in [0.1, 0.15) is 23.7 Å². The van der Waals surface area contributed by atoms with E-state index >= 15 is 0 Å². The lowest BCUT2D eigenvalue weighted by molar-refractivity contribution is -0.384. The summed E-state index contributed by atoms with van der Waals surface area (Å²) in [6.45, 7) is 1.97. The van der Waals surface area contributed by atoms with Crippen molar-refractivity contribution < 1.29 is 19.2 Å². The van der Waals surface area contributed by atoms with Gasteiger partial charge in [-0.05, 0) is 13.0 Å². The molecule has 0 spiro atoms. The zero-order valence-electron chi connectivity index (χ0n) is 11.0. The second-order valence-electron chi connectivity index (χ2n) is 3.86. The molecule has 0 heterocycles. The number of esters is 1. The van der Waals surface area contributed by atoms with Crippen molar-refractivity contribution in [1.82, 2.24) is 5.32 Å². The van der Waals surface area contributed by atoms with Crippen LogP contribution in [0.15, 0.2) is 12.1 Å². The molecule has 1 rings (SSSR count). The Balaban J connectivity index is 2.75. The Hall–Kier alpha value is -1.86. The first-order chi connectivity index (χ1) is 9.86. The topological polar surface area (TPSA) is 98.5 Å². The maximum Gasteiger partial charge on any atom is 0.307 e. The van der Waals surface area contributed by atoms with Gasteiger partial charge in [0, 0.05) is 18.2 Å². The van der Waals surface area contributed by atoms with Crippen LogP contribution in [-0.4, -0.2) is 30.0 Å². The van der Waals surface area contributed by atoms with Crippen molar-refractivity contribution in [2.75, 3.05) is 13.2 Å². The quantitative estimate of drug-likeness (QED) is 0.489. The van der Waals surface area contributed by atoms with E-state index in [1.807, 2.05) is 0 Å². The van der Waals surface area contributed by atoms with Gasteiger partial charge in [0.05, 0.1) is 23.0 Å². The summed E-state index contributed by atoms with van der Waals surface area (Å²) in [5, 5.41) is 12.9. The Morgan fingerprint density at radius 2 is 2.05 bits per heavy atom. The molecule has 114 valence electrons. The second-order valence-corrected chi connectivity index (χ2v) is 4.64. The Kier molecular flexibility index (Phi) is 6.39. The van der Waals surface area contributed by atoms with Crippen LogP contribution < -0.4 is 5.32 Å². The van der Waals surface area contributed by atoms with Crippen LogP contribution >= 0.6 is 23.2 Å². The SMILES string of the molecule is CCOC(=O)CCNC(=O)c1cc(Cl)c(Cl)c([N+](=O)[O-])c1. The minimum Gasteiger partial charge on any atom is -0.466 e. The first-order valence-corrected chi connectivity index (χ1v) is 6.69. The number of hydrogen-bond acceptors (Lipinski definition) is 5. The Labute approximate surface area is 130 Å². The van der Waals surface area contributed by atoms with E-state index in [4.69, 9.17) is 27.9 Å². The summed E-state index contributed by atoms with van der Waals surface area (Å²) in [4.78, 5) is 33.0. The molecule has 0 radical (unpaired) electrons. The minimum atomic E-state index is -0.733. The highest BCUT2D eigenvalue weighted by Crippen LogP contribution is 2.32. The molecule has 0 aromatic heterocycles. The fraction of sp³-hybridized carbons (Fsp3) is 0.333. The van der Waals surface area contributed by atoms with E-state index in [9.17, 15) is 19.7 Å². The molecular formula is C12H12Cl2N2O5. The molecule has 9 heteroatoms. The lowest BCUT2D eigenvalue weighted by Crippen LogP contribution is -2.26. The summed E-state index contributed by atoms with van der Waals surface area (Å²) in [5.41, 5.74) is -0.473. The number of nitro benzene ring substituents is 1. The average Bonchev–Trinajstić information content (AvgIpc) is 2.41. The van der Waals surface area contributed by atoms with Crippen molar-refractivity contribution >= 4 is 40.8 Å². The van der Waals surface area contributed by atoms with Crippen molar-refractivity contribution in [3.05, 3.63) is 37.9 Å². The Bertz CT molecular complexity index is 577. The van der Waals surface area contributed by atoms with Gasteiger partial charge in [-0.1, -0.05) is 23.2 Å². The molecular weight excluding hydrogens is 323 g/mol. The molecule has 1 N–H and O–H groups in total. The van der Waals surface area contributed by atoms with Gasteiger partial charge in [0.1, 0.15) is 5.02 Å². The van der Waals surface area contributed by atoms with Crippen molar-refractivity contribution in [1.29, 1.82) is 0 Å². The van der Waals surface area contributed by atoms with Crippen LogP contribution in [0.5, 0.6) is 0 Å². The highest BCUT2D eigenvalue weighted by atomic mass is 35.5. The van der Waals surface area contributed by atoms with Gasteiger partial charge in [-0.15, -0.1) is 0 Å². The van der Waals surface area contributed by atoms with Gasteiger partial charge in [-0.3, -0.25) is 19.7 Å². The van der Waals surface area contributed by atoms with Crippen LogP contribution in [0, 0.1) is 10.1 Å². The van der Waals surface area contributed by atoms with E-state index in [0.717, 1.165) is 6.07 Å². The molecule has 0 atom stereocenters. The van der Waals surface area contributed by atoms with Crippen molar-refractivity contribution in [3.63, 3.8) is 0 Å². The van der Waals surface area contributed by atoms with Gasteiger partial charge in [-0.2, -0.15) is 0 Å². The first-order valence-electron chi connectivity index (χ1n) is 5.94. The predicted octanol–water partition coefficient (Wildman–Crippen LogP) is 2.58. The summed E-state index contributed by atoms with van der Waals surface area (Å²) in [7, 11) is 0. The smallest absolute Gasteiger partial charge is 0.307 e. The van der Waals surface area contributed by atoms with Crippen LogP contribution in [0.2, 0.25) is 10.0 Å². The zero-order valence-corrected chi connectivity index (χ0v) is 12.5. The number of carbonyl (C=O) groups excluding carboxylic acids is 2. The zero-order chi connectivity index (χ0) is 16.0. The molecule has 1 amide bonds. The fourth-order valence-corrected chi connectivity index (χ4v) is 1.84. The third kappa shape index (κ3) is 4.87. The molecule has 1 aromatic rings. The second kappa shape index (κ2) is 7.80. The van der Waals surface area contributed by atoms with Crippen LogP contribution in [0.4, 0.5) is 5.69 Å². The third-order valence-electron chi connectivity index (χ3n) is 2.39. The first kappa shape index (κ1) is 17.2. The fourth-order valence-electron chi connectivity index (χ4n) is 1.45. The molecule has 0 aliphatic carbocycles. The molecule has 0 aliphatic heterocycles. The number of amides is 1. The highest BCUT2D eigenvalue weighted by Gasteiger charge is 2.20. The number of nitrogens with one attached hydrogen (secondary N) is 1. The molecule has 0 bridgehead atoms. The monoisotopic (exact) mass is 334 g/mol. The molecule has 0 unspecified atom stereocenters. The highest BCUT2D eigenvalue weighted by molar-refractivity contribution is 6.43. The number of ether oxygens (including phenoxy) is 1. The van der Waals surface area contributed by atoms with Crippen molar-refractivity contribution in [2.24, 2.45) is 0 Å². The van der Waals surface area contributed by atoms with E-state index < -0.39 is 22.5 Å². The number of halogens is 2. The number of benzene rings is 1. The van der Waals surface area contributed by atoms with E-state index in [2.05, 4.69) is 5.32 Å². The summed E-state index contributed by atoms with van der Waals surface area (Å²) >= 11 is 11.4. The summed E-state index contributed by atoms with van der Waals surface area (Å²) in [6, 6.07) is 2.24. The lowest BCUT2D eigenvalue weighted by atomic mass is 10.2. The van der Waals surface area contributed by atoms with Crippen LogP contribution in [0.25, 0.3) is 0 Å². The van der Waals surface area contributed by atoms with E-state index in [1.165, 1.54) is 6.07 Å². The Morgan fingerprint density at radius 3 is 2.62 bits per heavy atom. The van der Waals surface area contributed by atoms with E-state index in [-0.39, 0.29) is 35.2 Å². The van der Waals surface area contributed by atoms with Gasteiger partial charge in [0.25, 0.3) is 11.6 Å². The summed E-state index contributed by atoms with van der Waals surface area (Å²) in [6.07, 6.45) is 0.00297. The van der Waals surface area contributed by atoms with Crippen molar-refractivity contribution in [3.8, 4) is 0 Å². The number of nitro groups is 1. The molecule has 0 saturated heterocycles. The molecule has 0 fully saturated rings. The van der Waals surface area contributed by atoms with E-state index in [0.29, 0.717) is 0 Å². The van der Waals surface area contributed by atoms with E-state index in [1.54, 1.807) is 6.92 Å². The minimum absolute atomic E-state index is 0.00297. The van der Waals surface area contributed by atoms with Crippen molar-refractivity contribution in [2.45, 2.75) is 13.3 Å². The Morgan fingerprint density at radius 1 is 1.38 bits per heavy atom. The largest absolute Gasteiger partial charge is 0.466 e. The summed E-state index contributed by atoms with van der Waals surface area (Å²) < 4.78 is 4.70. The standard InChI is InChI=1S/C12H12Cl2N2O5/c1-2-21-10(17)3-4-15-12(18)7-5-8(13)11(14)9(6-7)16(19)20/h5-6H,2-4H2,1H3,(H,15,18). The van der Waals surface area contributed by atoms with Gasteiger partial charge < -0.3 is 10.1 Å². The number of rotatable bonds is 6. The number of nitrogens with zero attached hydrogens (tertiary/aromatic N) is 1. The summed E-state index contributed by atoms with van der Waals surface area (Å²) in [5.74, 6) is -1.04. The number of carbonyl (C=O) groups is 2. The molecule has 0 aliphatic rings. The third-order valence-corrected chi connectivity index (χ3v) is 3.18. The number of hydrogen-bond donors (Lipinski definition) is 1. The molecule has 21 heavy (non-hydrogen) atoms. The van der Waals surface area contributed by atoms with Crippen LogP contribution in [-0.2, 0) is 9.53 Å². The average molecular weight is 335 g/mol. The lowest BCUT2D eigenvalue weighted by Gasteiger charge is -2.06. The molecule has 1 aromatic carbocycles. The maximum absolute atomic E-state index is 11.8. The molecule has 7 nitrogen and oxygen atoms in total. The molecule has 0 saturated carbocycles. The maximum atomic E-state index is 11.8. The van der Waals surface area contributed by atoms with Gasteiger partial charge in [-0.25, -0.2) is 0 Å². The van der Waals surface area contributed by atoms with Crippen LogP contribution in [0.3, 0.4) is 0 Å². The van der Waals surface area contributed by atoms with Gasteiger partial charge in [0.15, 0.2) is 0 Å². The van der Waals surface area contributed by atoms with Gasteiger partial charge >= 0.3 is 5.97 Å². The predicted molar refractivity (Wildman–Crippen MR) is 76.7 cm³/mol. The normalized spacial score (nSPS) is 10.0. The van der Waals surface area contributed by atoms with Gasteiger partial charge in [0.2, 0.25) is 0 Å².